The van der Waals surface area contributed by atoms with Gasteiger partial charge in [-0.05, 0) is 24.6 Å². The molecule has 0 unspecified atom stereocenters. The van der Waals surface area contributed by atoms with Crippen molar-refractivity contribution in [1.29, 1.82) is 0 Å². The summed E-state index contributed by atoms with van der Waals surface area (Å²) in [6, 6.07) is 8.83. The van der Waals surface area contributed by atoms with E-state index in [1.807, 2.05) is 12.1 Å². The lowest BCUT2D eigenvalue weighted by molar-refractivity contribution is 0.0901. The predicted molar refractivity (Wildman–Crippen MR) is 66.6 cm³/mol. The van der Waals surface area contributed by atoms with Gasteiger partial charge in [-0.15, -0.1) is 0 Å². The van der Waals surface area contributed by atoms with Gasteiger partial charge in [0.2, 0.25) is 0 Å². The molecule has 5 heteroatoms. The molecule has 0 bridgehead atoms. The van der Waals surface area contributed by atoms with Crippen LogP contribution in [0.2, 0.25) is 0 Å². The van der Waals surface area contributed by atoms with E-state index in [1.54, 1.807) is 25.1 Å². The molecular weight excluding hydrogens is 216 g/mol. The summed E-state index contributed by atoms with van der Waals surface area (Å²) in [7, 11) is 0. The van der Waals surface area contributed by atoms with Crippen molar-refractivity contribution in [2.75, 3.05) is 11.5 Å². The molecule has 1 aromatic carbocycles. The van der Waals surface area contributed by atoms with E-state index in [0.717, 1.165) is 11.3 Å². The molecule has 0 radical (unpaired) electrons. The Labute approximate surface area is 99.0 Å². The molecule has 4 N–H and O–H groups in total. The van der Waals surface area contributed by atoms with Crippen molar-refractivity contribution in [2.45, 2.75) is 13.3 Å². The molecule has 0 aliphatic carbocycles. The van der Waals surface area contributed by atoms with Crippen molar-refractivity contribution in [3.8, 4) is 0 Å². The van der Waals surface area contributed by atoms with Gasteiger partial charge in [-0.2, -0.15) is 9.78 Å². The fourth-order valence-corrected chi connectivity index (χ4v) is 1.60. The van der Waals surface area contributed by atoms with Gasteiger partial charge in [0.05, 0.1) is 12.1 Å². The Morgan fingerprint density at radius 1 is 1.29 bits per heavy atom. The van der Waals surface area contributed by atoms with Crippen molar-refractivity contribution >= 4 is 17.4 Å². The number of hydrogen-bond donors (Lipinski definition) is 2. The van der Waals surface area contributed by atoms with E-state index in [2.05, 4.69) is 5.10 Å². The Kier molecular flexibility index (Phi) is 2.82. The highest BCUT2D eigenvalue weighted by Crippen LogP contribution is 2.10. The minimum absolute atomic E-state index is 0.152. The Bertz CT molecular complexity index is 542. The van der Waals surface area contributed by atoms with E-state index >= 15 is 0 Å². The van der Waals surface area contributed by atoms with Gasteiger partial charge in [0, 0.05) is 11.8 Å². The van der Waals surface area contributed by atoms with Crippen LogP contribution in [0.1, 0.15) is 16.1 Å². The zero-order chi connectivity index (χ0) is 12.4. The lowest BCUT2D eigenvalue weighted by atomic mass is 10.1. The summed E-state index contributed by atoms with van der Waals surface area (Å²) < 4.78 is 1.23. The predicted octanol–water partition coefficient (Wildman–Crippen LogP) is 1.24. The second-order valence-electron chi connectivity index (χ2n) is 3.93. The summed E-state index contributed by atoms with van der Waals surface area (Å²) in [6.45, 7) is 1.79. The molecule has 0 aliphatic rings. The number of nitrogen functional groups attached to an aromatic ring is 2. The number of carbonyl (C=O) groups excluding carboxylic acids is 1. The SMILES string of the molecule is Cc1cc(N)n(C(=O)Cc2ccc(N)cc2)n1. The summed E-state index contributed by atoms with van der Waals surface area (Å²) in [6.07, 6.45) is 0.256. The number of hydrogen-bond acceptors (Lipinski definition) is 4. The van der Waals surface area contributed by atoms with Crippen molar-refractivity contribution in [1.82, 2.24) is 9.78 Å². The van der Waals surface area contributed by atoms with Crippen LogP contribution in [0.5, 0.6) is 0 Å². The molecule has 0 saturated heterocycles. The molecule has 2 rings (SSSR count). The second kappa shape index (κ2) is 4.29. The smallest absolute Gasteiger partial charge is 0.253 e. The fraction of sp³-hybridized carbons (Fsp3) is 0.167. The van der Waals surface area contributed by atoms with Crippen LogP contribution in [0.25, 0.3) is 0 Å². The molecule has 1 heterocycles. The third kappa shape index (κ3) is 2.44. The van der Waals surface area contributed by atoms with Crippen LogP contribution in [-0.2, 0) is 6.42 Å². The van der Waals surface area contributed by atoms with Crippen molar-refractivity contribution < 1.29 is 4.79 Å². The molecule has 0 aliphatic heterocycles. The molecule has 0 atom stereocenters. The number of nitrogens with zero attached hydrogens (tertiary/aromatic N) is 2. The van der Waals surface area contributed by atoms with E-state index in [4.69, 9.17) is 11.5 Å². The summed E-state index contributed by atoms with van der Waals surface area (Å²) in [4.78, 5) is 11.9. The number of nitrogens with two attached hydrogens (primary N) is 2. The summed E-state index contributed by atoms with van der Waals surface area (Å²) >= 11 is 0. The number of carbonyl (C=O) groups is 1. The highest BCUT2D eigenvalue weighted by molar-refractivity contribution is 5.83. The Hall–Kier alpha value is -2.30. The molecule has 5 nitrogen and oxygen atoms in total. The first-order valence-electron chi connectivity index (χ1n) is 5.26. The average Bonchev–Trinajstić information content (AvgIpc) is 2.61. The summed E-state index contributed by atoms with van der Waals surface area (Å²) in [5.74, 6) is 0.211. The minimum atomic E-state index is -0.152. The van der Waals surface area contributed by atoms with Crippen LogP contribution in [0.15, 0.2) is 30.3 Å². The molecule has 17 heavy (non-hydrogen) atoms. The topological polar surface area (TPSA) is 86.9 Å². The van der Waals surface area contributed by atoms with Gasteiger partial charge < -0.3 is 11.5 Å². The first-order valence-corrected chi connectivity index (χ1v) is 5.26. The summed E-state index contributed by atoms with van der Waals surface area (Å²) in [5, 5.41) is 4.04. The highest BCUT2D eigenvalue weighted by atomic mass is 16.2. The number of rotatable bonds is 2. The quantitative estimate of drug-likeness (QED) is 0.760. The Balaban J connectivity index is 2.17. The first kappa shape index (κ1) is 11.2. The molecule has 0 amide bonds. The van der Waals surface area contributed by atoms with Gasteiger partial charge in [-0.3, -0.25) is 4.79 Å². The van der Waals surface area contributed by atoms with Crippen LogP contribution in [0, 0.1) is 6.92 Å². The lowest BCUT2D eigenvalue weighted by Gasteiger charge is -2.03. The van der Waals surface area contributed by atoms with Crippen LogP contribution in [-0.4, -0.2) is 15.7 Å². The van der Waals surface area contributed by atoms with Crippen LogP contribution >= 0.6 is 0 Å². The zero-order valence-corrected chi connectivity index (χ0v) is 9.55. The first-order chi connectivity index (χ1) is 8.06. The molecule has 88 valence electrons. The van der Waals surface area contributed by atoms with E-state index in [-0.39, 0.29) is 12.3 Å². The van der Waals surface area contributed by atoms with Gasteiger partial charge in [-0.1, -0.05) is 12.1 Å². The fourth-order valence-electron chi connectivity index (χ4n) is 1.60. The van der Waals surface area contributed by atoms with Crippen LogP contribution in [0.4, 0.5) is 11.5 Å². The number of benzene rings is 1. The molecular formula is C12H14N4O. The van der Waals surface area contributed by atoms with E-state index in [0.29, 0.717) is 11.5 Å². The van der Waals surface area contributed by atoms with E-state index in [1.165, 1.54) is 4.68 Å². The monoisotopic (exact) mass is 230 g/mol. The molecule has 0 spiro atoms. The maximum Gasteiger partial charge on any atom is 0.253 e. The van der Waals surface area contributed by atoms with Gasteiger partial charge in [0.1, 0.15) is 5.82 Å². The van der Waals surface area contributed by atoms with Crippen molar-refractivity contribution in [3.05, 3.63) is 41.6 Å². The average molecular weight is 230 g/mol. The maximum absolute atomic E-state index is 11.9. The Morgan fingerprint density at radius 2 is 1.94 bits per heavy atom. The third-order valence-corrected chi connectivity index (χ3v) is 2.43. The number of aryl methyl sites for hydroxylation is 1. The molecule has 0 fully saturated rings. The van der Waals surface area contributed by atoms with Crippen molar-refractivity contribution in [3.63, 3.8) is 0 Å². The molecule has 1 aromatic heterocycles. The van der Waals surface area contributed by atoms with Gasteiger partial charge >= 0.3 is 0 Å². The van der Waals surface area contributed by atoms with Crippen LogP contribution in [0.3, 0.4) is 0 Å². The lowest BCUT2D eigenvalue weighted by Crippen LogP contribution is -2.17. The number of aromatic nitrogens is 2. The normalized spacial score (nSPS) is 10.4. The van der Waals surface area contributed by atoms with Gasteiger partial charge in [0.25, 0.3) is 5.91 Å². The maximum atomic E-state index is 11.9. The Morgan fingerprint density at radius 3 is 2.47 bits per heavy atom. The van der Waals surface area contributed by atoms with Gasteiger partial charge in [0.15, 0.2) is 0 Å². The van der Waals surface area contributed by atoms with E-state index in [9.17, 15) is 4.79 Å². The third-order valence-electron chi connectivity index (χ3n) is 2.43. The zero-order valence-electron chi connectivity index (χ0n) is 9.55. The summed E-state index contributed by atoms with van der Waals surface area (Å²) in [5.41, 5.74) is 13.5. The highest BCUT2D eigenvalue weighted by Gasteiger charge is 2.11. The van der Waals surface area contributed by atoms with Crippen molar-refractivity contribution in [2.24, 2.45) is 0 Å². The second-order valence-corrected chi connectivity index (χ2v) is 3.93. The molecule has 0 saturated carbocycles. The minimum Gasteiger partial charge on any atom is -0.399 e. The van der Waals surface area contributed by atoms with E-state index < -0.39 is 0 Å². The standard InChI is InChI=1S/C12H14N4O/c1-8-6-11(14)16(15-8)12(17)7-9-2-4-10(13)5-3-9/h2-6H,7,13-14H2,1H3. The largest absolute Gasteiger partial charge is 0.399 e. The van der Waals surface area contributed by atoms with Crippen LogP contribution < -0.4 is 11.5 Å². The molecule has 2 aromatic rings. The number of anilines is 2. The van der Waals surface area contributed by atoms with Gasteiger partial charge in [-0.25, -0.2) is 0 Å².